The lowest BCUT2D eigenvalue weighted by Crippen LogP contribution is -2.50. The molecule has 0 bridgehead atoms. The molecular weight excluding hydrogens is 386 g/mol. The van der Waals surface area contributed by atoms with Crippen molar-refractivity contribution < 1.29 is 14.3 Å². The molecule has 0 aliphatic rings. The summed E-state index contributed by atoms with van der Waals surface area (Å²) in [6.45, 7) is 6.08. The second-order valence-electron chi connectivity index (χ2n) is 6.82. The third-order valence-corrected chi connectivity index (χ3v) is 4.82. The molecule has 7 heteroatoms. The Balaban J connectivity index is 1.69. The predicted molar refractivity (Wildman–Crippen MR) is 118 cm³/mol. The van der Waals surface area contributed by atoms with E-state index in [2.05, 4.69) is 30.0 Å². The first-order valence-electron chi connectivity index (χ1n) is 9.55. The number of hydrogen-bond acceptors (Lipinski definition) is 4. The van der Waals surface area contributed by atoms with Crippen LogP contribution in [0.4, 0.5) is 0 Å². The van der Waals surface area contributed by atoms with Gasteiger partial charge in [-0.2, -0.15) is 0 Å². The molecule has 2 rings (SSSR count). The summed E-state index contributed by atoms with van der Waals surface area (Å²) in [6, 6.07) is 15.3. The lowest BCUT2D eigenvalue weighted by atomic mass is 9.99. The Labute approximate surface area is 177 Å². The van der Waals surface area contributed by atoms with Crippen molar-refractivity contribution in [3.8, 4) is 5.75 Å². The number of aryl methyl sites for hydroxylation is 1. The van der Waals surface area contributed by atoms with Gasteiger partial charge in [0.05, 0.1) is 6.42 Å². The van der Waals surface area contributed by atoms with Gasteiger partial charge in [-0.1, -0.05) is 50.2 Å². The largest absolute Gasteiger partial charge is 0.484 e. The lowest BCUT2D eigenvalue weighted by Gasteiger charge is -2.13. The molecule has 154 valence electrons. The van der Waals surface area contributed by atoms with Crippen molar-refractivity contribution in [2.75, 3.05) is 6.61 Å². The first kappa shape index (κ1) is 22.4. The van der Waals surface area contributed by atoms with Crippen LogP contribution in [0.1, 0.15) is 42.9 Å². The van der Waals surface area contributed by atoms with Crippen molar-refractivity contribution in [3.05, 3.63) is 65.2 Å². The third-order valence-electron chi connectivity index (χ3n) is 4.61. The molecule has 2 aromatic rings. The summed E-state index contributed by atoms with van der Waals surface area (Å²) in [6.07, 6.45) is 1.27. The Bertz CT molecular complexity index is 853. The third kappa shape index (κ3) is 7.54. The molecule has 0 radical (unpaired) electrons. The average Bonchev–Trinajstić information content (AvgIpc) is 2.72. The maximum atomic E-state index is 12.1. The van der Waals surface area contributed by atoms with Crippen LogP contribution in [-0.2, 0) is 16.0 Å². The van der Waals surface area contributed by atoms with Crippen LogP contribution in [0.2, 0.25) is 0 Å². The van der Waals surface area contributed by atoms with Crippen LogP contribution in [0, 0.1) is 6.92 Å². The van der Waals surface area contributed by atoms with Gasteiger partial charge in [0.15, 0.2) is 11.7 Å². The molecule has 0 aromatic heterocycles. The molecule has 2 amide bonds. The highest BCUT2D eigenvalue weighted by atomic mass is 32.1. The SMILES string of the molecule is CCC(C)c1ccc(OCC(=O)NNC(=S)NC(=O)Cc2ccccc2C)cc1. The summed E-state index contributed by atoms with van der Waals surface area (Å²) in [5.41, 5.74) is 8.09. The molecule has 1 unspecified atom stereocenters. The number of nitrogens with one attached hydrogen (secondary N) is 3. The van der Waals surface area contributed by atoms with Gasteiger partial charge in [-0.25, -0.2) is 0 Å². The summed E-state index contributed by atoms with van der Waals surface area (Å²) in [5, 5.41) is 2.56. The monoisotopic (exact) mass is 413 g/mol. The van der Waals surface area contributed by atoms with Crippen molar-refractivity contribution in [1.82, 2.24) is 16.2 Å². The molecule has 29 heavy (non-hydrogen) atoms. The predicted octanol–water partition coefficient (Wildman–Crippen LogP) is 3.15. The number of hydrazine groups is 1. The summed E-state index contributed by atoms with van der Waals surface area (Å²) in [7, 11) is 0. The second kappa shape index (κ2) is 11.2. The minimum atomic E-state index is -0.411. The fourth-order valence-electron chi connectivity index (χ4n) is 2.62. The summed E-state index contributed by atoms with van der Waals surface area (Å²) in [4.78, 5) is 23.9. The zero-order valence-electron chi connectivity index (χ0n) is 17.0. The van der Waals surface area contributed by atoms with Gasteiger partial charge in [0.2, 0.25) is 5.91 Å². The van der Waals surface area contributed by atoms with Gasteiger partial charge in [-0.05, 0) is 60.3 Å². The van der Waals surface area contributed by atoms with Crippen LogP contribution in [0.3, 0.4) is 0 Å². The summed E-state index contributed by atoms with van der Waals surface area (Å²) in [5.74, 6) is 0.426. The number of carbonyl (C=O) groups is 2. The van der Waals surface area contributed by atoms with Crippen LogP contribution < -0.4 is 20.9 Å². The van der Waals surface area contributed by atoms with Gasteiger partial charge in [-0.15, -0.1) is 0 Å². The van der Waals surface area contributed by atoms with Crippen LogP contribution >= 0.6 is 12.2 Å². The second-order valence-corrected chi connectivity index (χ2v) is 7.23. The fourth-order valence-corrected chi connectivity index (χ4v) is 2.79. The molecule has 0 saturated carbocycles. The molecule has 0 spiro atoms. The van der Waals surface area contributed by atoms with Crippen molar-refractivity contribution in [3.63, 3.8) is 0 Å². The van der Waals surface area contributed by atoms with Gasteiger partial charge in [0.25, 0.3) is 5.91 Å². The molecule has 0 aliphatic carbocycles. The smallest absolute Gasteiger partial charge is 0.276 e. The zero-order chi connectivity index (χ0) is 21.2. The Hall–Kier alpha value is -2.93. The van der Waals surface area contributed by atoms with Gasteiger partial charge >= 0.3 is 0 Å². The molecular formula is C22H27N3O3S. The van der Waals surface area contributed by atoms with Gasteiger partial charge < -0.3 is 10.1 Å². The highest BCUT2D eigenvalue weighted by Crippen LogP contribution is 2.21. The Morgan fingerprint density at radius 1 is 1.03 bits per heavy atom. The molecule has 6 nitrogen and oxygen atoms in total. The van der Waals surface area contributed by atoms with E-state index in [-0.39, 0.29) is 24.0 Å². The standard InChI is InChI=1S/C22H27N3O3S/c1-4-15(2)17-9-11-19(12-10-17)28-14-21(27)24-25-22(29)23-20(26)13-18-8-6-5-7-16(18)3/h5-12,15H,4,13-14H2,1-3H3,(H,24,27)(H2,23,25,26,29). The molecule has 0 aliphatic heterocycles. The highest BCUT2D eigenvalue weighted by molar-refractivity contribution is 7.80. The number of ether oxygens (including phenoxy) is 1. The van der Waals surface area contributed by atoms with E-state index in [0.717, 1.165) is 17.5 Å². The number of carbonyl (C=O) groups excluding carboxylic acids is 2. The van der Waals surface area contributed by atoms with Gasteiger partial charge in [0.1, 0.15) is 5.75 Å². The summed E-state index contributed by atoms with van der Waals surface area (Å²) < 4.78 is 5.46. The first-order valence-corrected chi connectivity index (χ1v) is 9.95. The molecule has 3 N–H and O–H groups in total. The zero-order valence-corrected chi connectivity index (χ0v) is 17.8. The topological polar surface area (TPSA) is 79.5 Å². The van der Waals surface area contributed by atoms with Gasteiger partial charge in [-0.3, -0.25) is 20.4 Å². The minimum Gasteiger partial charge on any atom is -0.484 e. The van der Waals surface area contributed by atoms with E-state index in [1.807, 2.05) is 55.5 Å². The van der Waals surface area contributed by atoms with Crippen LogP contribution in [-0.4, -0.2) is 23.5 Å². The average molecular weight is 414 g/mol. The van der Waals surface area contributed by atoms with Crippen molar-refractivity contribution >= 4 is 29.1 Å². The van der Waals surface area contributed by atoms with Gasteiger partial charge in [0, 0.05) is 0 Å². The normalized spacial score (nSPS) is 11.3. The lowest BCUT2D eigenvalue weighted by molar-refractivity contribution is -0.124. The van der Waals surface area contributed by atoms with Crippen molar-refractivity contribution in [2.24, 2.45) is 0 Å². The highest BCUT2D eigenvalue weighted by Gasteiger charge is 2.09. The number of amides is 2. The Morgan fingerprint density at radius 3 is 2.38 bits per heavy atom. The van der Waals surface area contributed by atoms with Crippen molar-refractivity contribution in [1.29, 1.82) is 0 Å². The Morgan fingerprint density at radius 2 is 1.72 bits per heavy atom. The first-order chi connectivity index (χ1) is 13.9. The molecule has 1 atom stereocenters. The quantitative estimate of drug-likeness (QED) is 0.480. The number of hydrogen-bond donors (Lipinski definition) is 3. The number of benzene rings is 2. The van der Waals surface area contributed by atoms with E-state index < -0.39 is 5.91 Å². The van der Waals surface area contributed by atoms with E-state index in [1.54, 1.807) is 0 Å². The van der Waals surface area contributed by atoms with Crippen LogP contribution in [0.25, 0.3) is 0 Å². The van der Waals surface area contributed by atoms with Crippen LogP contribution in [0.15, 0.2) is 48.5 Å². The molecule has 2 aromatic carbocycles. The van der Waals surface area contributed by atoms with E-state index in [9.17, 15) is 9.59 Å². The number of thiocarbonyl (C=S) groups is 1. The van der Waals surface area contributed by atoms with Crippen LogP contribution in [0.5, 0.6) is 5.75 Å². The minimum absolute atomic E-state index is 0.0230. The molecule has 0 heterocycles. The Kier molecular flexibility index (Phi) is 8.61. The molecule has 0 fully saturated rings. The maximum absolute atomic E-state index is 12.1. The van der Waals surface area contributed by atoms with E-state index in [4.69, 9.17) is 17.0 Å². The van der Waals surface area contributed by atoms with E-state index in [0.29, 0.717) is 11.7 Å². The fraction of sp³-hybridized carbons (Fsp3) is 0.318. The van der Waals surface area contributed by atoms with E-state index >= 15 is 0 Å². The van der Waals surface area contributed by atoms with Crippen molar-refractivity contribution in [2.45, 2.75) is 39.5 Å². The maximum Gasteiger partial charge on any atom is 0.276 e. The number of rotatable bonds is 7. The molecule has 0 saturated heterocycles. The summed E-state index contributed by atoms with van der Waals surface area (Å²) >= 11 is 5.03. The van der Waals surface area contributed by atoms with E-state index in [1.165, 1.54) is 5.56 Å².